The molecule has 2 aromatic heterocycles. The van der Waals surface area contributed by atoms with Crippen LogP contribution in [0.4, 0.5) is 5.82 Å². The maximum atomic E-state index is 11.0. The molecule has 0 unspecified atom stereocenters. The predicted octanol–water partition coefficient (Wildman–Crippen LogP) is 3.99. The Morgan fingerprint density at radius 1 is 1.04 bits per heavy atom. The number of imidazole rings is 1. The van der Waals surface area contributed by atoms with E-state index in [-0.39, 0.29) is 11.4 Å². The van der Waals surface area contributed by atoms with Crippen molar-refractivity contribution in [3.63, 3.8) is 0 Å². The molecule has 136 valence electrons. The van der Waals surface area contributed by atoms with Crippen LogP contribution in [0.3, 0.4) is 0 Å². The van der Waals surface area contributed by atoms with Gasteiger partial charge in [-0.15, -0.1) is 0 Å². The number of nitrogens with zero attached hydrogens (tertiary/aromatic N) is 3. The number of nitrogens with one attached hydrogen (secondary N) is 1. The molecule has 0 aliphatic carbocycles. The minimum atomic E-state index is -0.974. The molecular weight excluding hydrogens is 342 g/mol. The van der Waals surface area contributed by atoms with E-state index in [2.05, 4.69) is 19.9 Å². The number of nitrogens with two attached hydrogens (primary N) is 1. The Balaban J connectivity index is 0.00000102. The molecule has 7 heteroatoms. The number of carbonyl (C=O) groups is 1. The van der Waals surface area contributed by atoms with Crippen molar-refractivity contribution in [3.05, 3.63) is 60.3 Å². The van der Waals surface area contributed by atoms with Crippen LogP contribution in [-0.2, 0) is 0 Å². The van der Waals surface area contributed by atoms with Crippen molar-refractivity contribution in [2.75, 3.05) is 5.73 Å². The van der Waals surface area contributed by atoms with Crippen LogP contribution in [0.25, 0.3) is 33.8 Å². The summed E-state index contributed by atoms with van der Waals surface area (Å²) >= 11 is 0. The van der Waals surface area contributed by atoms with Gasteiger partial charge < -0.3 is 15.8 Å². The van der Waals surface area contributed by atoms with Gasteiger partial charge in [0.1, 0.15) is 5.69 Å². The molecule has 0 spiro atoms. The summed E-state index contributed by atoms with van der Waals surface area (Å²) in [5.41, 5.74) is 9.67. The van der Waals surface area contributed by atoms with Gasteiger partial charge in [0.15, 0.2) is 11.6 Å². The van der Waals surface area contributed by atoms with E-state index in [9.17, 15) is 4.79 Å². The number of benzene rings is 2. The minimum Gasteiger partial charge on any atom is -0.478 e. The molecule has 0 saturated carbocycles. The van der Waals surface area contributed by atoms with Gasteiger partial charge in [-0.3, -0.25) is 0 Å². The molecular formula is C20H19N5O2. The lowest BCUT2D eigenvalue weighted by Crippen LogP contribution is -2.00. The van der Waals surface area contributed by atoms with E-state index in [1.54, 1.807) is 18.3 Å². The summed E-state index contributed by atoms with van der Waals surface area (Å²) in [6.07, 6.45) is 1.55. The third-order valence-corrected chi connectivity index (χ3v) is 3.84. The molecule has 4 rings (SSSR count). The first-order valence-corrected chi connectivity index (χ1v) is 8.53. The van der Waals surface area contributed by atoms with Crippen LogP contribution in [0.2, 0.25) is 0 Å². The zero-order valence-electron chi connectivity index (χ0n) is 15.0. The van der Waals surface area contributed by atoms with Crippen LogP contribution < -0.4 is 5.73 Å². The Bertz CT molecular complexity index is 1050. The number of hydrogen-bond donors (Lipinski definition) is 3. The van der Waals surface area contributed by atoms with Crippen LogP contribution in [0.1, 0.15) is 24.2 Å². The molecule has 4 aromatic rings. The summed E-state index contributed by atoms with van der Waals surface area (Å²) in [7, 11) is 0. The van der Waals surface area contributed by atoms with Crippen LogP contribution in [0.15, 0.2) is 54.7 Å². The van der Waals surface area contributed by atoms with Crippen molar-refractivity contribution >= 4 is 22.8 Å². The highest BCUT2D eigenvalue weighted by atomic mass is 16.4. The van der Waals surface area contributed by atoms with Crippen LogP contribution in [-0.4, -0.2) is 31.0 Å². The maximum absolute atomic E-state index is 11.0. The number of carboxylic acid groups (broad SMARTS) is 1. The number of aromatic nitrogens is 4. The lowest BCUT2D eigenvalue weighted by Gasteiger charge is -2.05. The highest BCUT2D eigenvalue weighted by molar-refractivity contribution is 5.88. The number of H-pyrrole nitrogens is 1. The Morgan fingerprint density at radius 2 is 1.74 bits per heavy atom. The van der Waals surface area contributed by atoms with E-state index >= 15 is 0 Å². The van der Waals surface area contributed by atoms with Crippen molar-refractivity contribution in [2.24, 2.45) is 0 Å². The number of fused-ring (bicyclic) bond motifs is 1. The summed E-state index contributed by atoms with van der Waals surface area (Å²) in [6, 6.07) is 14.1. The smallest absolute Gasteiger partial charge is 0.335 e. The van der Waals surface area contributed by atoms with Gasteiger partial charge in [0.25, 0.3) is 0 Å². The number of para-hydroxylation sites is 2. The second-order valence-electron chi connectivity index (χ2n) is 5.47. The van der Waals surface area contributed by atoms with Crippen LogP contribution in [0, 0.1) is 0 Å². The fourth-order valence-corrected chi connectivity index (χ4v) is 2.56. The van der Waals surface area contributed by atoms with E-state index in [0.717, 1.165) is 16.6 Å². The van der Waals surface area contributed by atoms with Gasteiger partial charge in [-0.05, 0) is 24.3 Å². The van der Waals surface area contributed by atoms with Gasteiger partial charge in [0, 0.05) is 5.56 Å². The van der Waals surface area contributed by atoms with E-state index in [4.69, 9.17) is 10.8 Å². The Hall–Kier alpha value is -3.74. The summed E-state index contributed by atoms with van der Waals surface area (Å²) in [6.45, 7) is 4.00. The lowest BCUT2D eigenvalue weighted by atomic mass is 10.1. The fraction of sp³-hybridized carbons (Fsp3) is 0.100. The van der Waals surface area contributed by atoms with E-state index in [1.807, 2.05) is 38.1 Å². The molecule has 0 amide bonds. The van der Waals surface area contributed by atoms with Crippen molar-refractivity contribution in [2.45, 2.75) is 13.8 Å². The number of hydrogen-bond acceptors (Lipinski definition) is 5. The third kappa shape index (κ3) is 3.62. The second-order valence-corrected chi connectivity index (χ2v) is 5.47. The average Bonchev–Trinajstić information content (AvgIpc) is 3.14. The number of anilines is 1. The first-order chi connectivity index (χ1) is 13.1. The first kappa shape index (κ1) is 18.1. The molecule has 0 saturated heterocycles. The topological polar surface area (TPSA) is 118 Å². The zero-order valence-corrected chi connectivity index (χ0v) is 15.0. The third-order valence-electron chi connectivity index (χ3n) is 3.84. The monoisotopic (exact) mass is 361 g/mol. The molecule has 0 fully saturated rings. The Morgan fingerprint density at radius 3 is 2.41 bits per heavy atom. The fourth-order valence-electron chi connectivity index (χ4n) is 2.56. The quantitative estimate of drug-likeness (QED) is 0.508. The minimum absolute atomic E-state index is 0.213. The largest absolute Gasteiger partial charge is 0.478 e. The van der Waals surface area contributed by atoms with Crippen LogP contribution >= 0.6 is 0 Å². The zero-order chi connectivity index (χ0) is 19.4. The summed E-state index contributed by atoms with van der Waals surface area (Å²) < 4.78 is 0. The average molecular weight is 361 g/mol. The Labute approximate surface area is 155 Å². The SMILES string of the molecule is CC.Nc1ncc(-c2ccc(C(=O)O)cc2)nc1-c1nc2ccccc2[nH]1. The van der Waals surface area contributed by atoms with Crippen molar-refractivity contribution in [1.82, 2.24) is 19.9 Å². The number of rotatable bonds is 3. The molecule has 4 N–H and O–H groups in total. The number of nitrogen functional groups attached to an aromatic ring is 1. The van der Waals surface area contributed by atoms with Crippen molar-refractivity contribution in [1.29, 1.82) is 0 Å². The molecule has 0 aliphatic rings. The van der Waals surface area contributed by atoms with E-state index in [0.29, 0.717) is 17.2 Å². The van der Waals surface area contributed by atoms with Crippen molar-refractivity contribution in [3.8, 4) is 22.8 Å². The molecule has 0 atom stereocenters. The molecule has 0 bridgehead atoms. The van der Waals surface area contributed by atoms with Crippen molar-refractivity contribution < 1.29 is 9.90 Å². The highest BCUT2D eigenvalue weighted by Crippen LogP contribution is 2.26. The summed E-state index contributed by atoms with van der Waals surface area (Å²) in [5, 5.41) is 8.99. The van der Waals surface area contributed by atoms with Gasteiger partial charge in [-0.2, -0.15) is 0 Å². The molecule has 2 aromatic carbocycles. The Kier molecular flexibility index (Phi) is 5.12. The normalized spacial score (nSPS) is 10.3. The van der Waals surface area contributed by atoms with Gasteiger partial charge in [-0.25, -0.2) is 19.7 Å². The van der Waals surface area contributed by atoms with Gasteiger partial charge in [0.05, 0.1) is 28.5 Å². The van der Waals surface area contributed by atoms with Gasteiger partial charge >= 0.3 is 5.97 Å². The standard InChI is InChI=1S/C18H13N5O2.C2H6/c19-16-15(17-22-12-3-1-2-4-13(12)23-17)21-14(9-20-16)10-5-7-11(8-6-10)18(24)25;1-2/h1-9H,(H2,19,20)(H,22,23)(H,24,25);1-2H3. The van der Waals surface area contributed by atoms with Gasteiger partial charge in [0.2, 0.25) is 0 Å². The molecule has 7 nitrogen and oxygen atoms in total. The highest BCUT2D eigenvalue weighted by Gasteiger charge is 2.13. The van der Waals surface area contributed by atoms with E-state index < -0.39 is 5.97 Å². The predicted molar refractivity (Wildman–Crippen MR) is 105 cm³/mol. The first-order valence-electron chi connectivity index (χ1n) is 8.53. The number of aromatic carboxylic acids is 1. The molecule has 2 heterocycles. The van der Waals surface area contributed by atoms with Gasteiger partial charge in [-0.1, -0.05) is 38.1 Å². The number of aromatic amines is 1. The maximum Gasteiger partial charge on any atom is 0.335 e. The summed E-state index contributed by atoms with van der Waals surface area (Å²) in [5.74, 6) is -0.168. The molecule has 0 aliphatic heterocycles. The molecule has 27 heavy (non-hydrogen) atoms. The lowest BCUT2D eigenvalue weighted by molar-refractivity contribution is 0.0697. The summed E-state index contributed by atoms with van der Waals surface area (Å²) in [4.78, 5) is 27.4. The molecule has 0 radical (unpaired) electrons. The van der Waals surface area contributed by atoms with E-state index in [1.165, 1.54) is 12.1 Å². The number of carboxylic acids is 1. The van der Waals surface area contributed by atoms with Crippen LogP contribution in [0.5, 0.6) is 0 Å². The second kappa shape index (κ2) is 7.65.